The SMILES string of the molecule is CCOc1cc(C=C2C(=O)NC(=S)N(c3ccc(CC)cc3)C2=O)ccc1OC(C)C(=O)O. The van der Waals surface area contributed by atoms with Gasteiger partial charge in [-0.2, -0.15) is 0 Å². The van der Waals surface area contributed by atoms with Crippen LogP contribution in [0.2, 0.25) is 0 Å². The van der Waals surface area contributed by atoms with Crippen LogP contribution in [0.1, 0.15) is 31.9 Å². The molecule has 0 bridgehead atoms. The van der Waals surface area contributed by atoms with Crippen molar-refractivity contribution >= 4 is 46.9 Å². The van der Waals surface area contributed by atoms with Gasteiger partial charge < -0.3 is 14.6 Å². The van der Waals surface area contributed by atoms with E-state index in [0.29, 0.717) is 23.6 Å². The molecular formula is C24H24N2O6S. The number of ether oxygens (including phenoxy) is 2. The van der Waals surface area contributed by atoms with Crippen LogP contribution in [-0.4, -0.2) is 40.7 Å². The summed E-state index contributed by atoms with van der Waals surface area (Å²) in [5.41, 5.74) is 2.06. The van der Waals surface area contributed by atoms with Gasteiger partial charge in [-0.3, -0.25) is 19.8 Å². The van der Waals surface area contributed by atoms with E-state index in [2.05, 4.69) is 5.32 Å². The quantitative estimate of drug-likeness (QED) is 0.348. The fourth-order valence-electron chi connectivity index (χ4n) is 3.16. The first kappa shape index (κ1) is 23.9. The smallest absolute Gasteiger partial charge is 0.344 e. The van der Waals surface area contributed by atoms with E-state index in [1.807, 2.05) is 19.1 Å². The van der Waals surface area contributed by atoms with Gasteiger partial charge in [0.1, 0.15) is 5.57 Å². The topological polar surface area (TPSA) is 105 Å². The molecule has 1 heterocycles. The van der Waals surface area contributed by atoms with Crippen molar-refractivity contribution in [2.24, 2.45) is 0 Å². The lowest BCUT2D eigenvalue weighted by atomic mass is 10.1. The zero-order valence-electron chi connectivity index (χ0n) is 18.5. The molecule has 1 fully saturated rings. The van der Waals surface area contributed by atoms with Crippen molar-refractivity contribution in [3.8, 4) is 11.5 Å². The molecule has 2 aromatic rings. The number of carbonyl (C=O) groups is 3. The van der Waals surface area contributed by atoms with Gasteiger partial charge in [0.05, 0.1) is 12.3 Å². The van der Waals surface area contributed by atoms with Gasteiger partial charge in [-0.25, -0.2) is 4.79 Å². The van der Waals surface area contributed by atoms with E-state index < -0.39 is 23.9 Å². The molecule has 0 aromatic heterocycles. The van der Waals surface area contributed by atoms with E-state index in [4.69, 9.17) is 26.8 Å². The number of rotatable bonds is 8. The third-order valence-electron chi connectivity index (χ3n) is 4.93. The number of carbonyl (C=O) groups excluding carboxylic acids is 2. The Kier molecular flexibility index (Phi) is 7.44. The van der Waals surface area contributed by atoms with Gasteiger partial charge in [0, 0.05) is 0 Å². The number of amides is 2. The highest BCUT2D eigenvalue weighted by Gasteiger charge is 2.34. The molecule has 2 N–H and O–H groups in total. The maximum atomic E-state index is 13.2. The number of nitrogens with zero attached hydrogens (tertiary/aromatic N) is 1. The van der Waals surface area contributed by atoms with E-state index >= 15 is 0 Å². The largest absolute Gasteiger partial charge is 0.490 e. The molecule has 0 saturated carbocycles. The molecule has 172 valence electrons. The second-order valence-electron chi connectivity index (χ2n) is 7.22. The van der Waals surface area contributed by atoms with Crippen molar-refractivity contribution in [3.63, 3.8) is 0 Å². The predicted octanol–water partition coefficient (Wildman–Crippen LogP) is 3.33. The monoisotopic (exact) mass is 468 g/mol. The first-order valence-electron chi connectivity index (χ1n) is 10.4. The first-order chi connectivity index (χ1) is 15.7. The molecule has 2 aromatic carbocycles. The fourth-order valence-corrected chi connectivity index (χ4v) is 3.44. The third-order valence-corrected chi connectivity index (χ3v) is 5.22. The molecule has 1 saturated heterocycles. The number of thiocarbonyl (C=S) groups is 1. The Balaban J connectivity index is 1.95. The Morgan fingerprint density at radius 1 is 1.15 bits per heavy atom. The molecule has 1 aliphatic heterocycles. The molecule has 1 atom stereocenters. The molecule has 2 amide bonds. The van der Waals surface area contributed by atoms with Gasteiger partial charge >= 0.3 is 5.97 Å². The van der Waals surface area contributed by atoms with Gasteiger partial charge in [-0.15, -0.1) is 0 Å². The zero-order valence-corrected chi connectivity index (χ0v) is 19.3. The predicted molar refractivity (Wildman–Crippen MR) is 127 cm³/mol. The summed E-state index contributed by atoms with van der Waals surface area (Å²) < 4.78 is 11.0. The summed E-state index contributed by atoms with van der Waals surface area (Å²) in [5, 5.41) is 11.7. The van der Waals surface area contributed by atoms with Gasteiger partial charge in [0.25, 0.3) is 11.8 Å². The molecular weight excluding hydrogens is 444 g/mol. The van der Waals surface area contributed by atoms with Crippen LogP contribution in [0.3, 0.4) is 0 Å². The highest BCUT2D eigenvalue weighted by atomic mass is 32.1. The summed E-state index contributed by atoms with van der Waals surface area (Å²) >= 11 is 5.24. The molecule has 0 aliphatic carbocycles. The summed E-state index contributed by atoms with van der Waals surface area (Å²) in [6.45, 7) is 5.52. The van der Waals surface area contributed by atoms with Crippen molar-refractivity contribution in [2.75, 3.05) is 11.5 Å². The van der Waals surface area contributed by atoms with Crippen molar-refractivity contribution < 1.29 is 29.0 Å². The van der Waals surface area contributed by atoms with E-state index in [0.717, 1.165) is 12.0 Å². The minimum absolute atomic E-state index is 0.00723. The highest BCUT2D eigenvalue weighted by molar-refractivity contribution is 7.80. The lowest BCUT2D eigenvalue weighted by molar-refractivity contribution is -0.144. The molecule has 0 spiro atoms. The summed E-state index contributed by atoms with van der Waals surface area (Å²) in [4.78, 5) is 38.1. The molecule has 1 unspecified atom stereocenters. The van der Waals surface area contributed by atoms with Crippen LogP contribution in [0.15, 0.2) is 48.0 Å². The average molecular weight is 469 g/mol. The second-order valence-corrected chi connectivity index (χ2v) is 7.60. The van der Waals surface area contributed by atoms with Crippen LogP contribution in [0.4, 0.5) is 5.69 Å². The standard InChI is InChI=1S/C24H24N2O6S/c1-4-15-6-9-17(10-7-15)26-22(28)18(21(27)25-24(26)33)12-16-8-11-19(20(13-16)31-5-2)32-14(3)23(29)30/h6-14H,4-5H2,1-3H3,(H,29,30)(H,25,27,33). The van der Waals surface area contributed by atoms with E-state index in [1.165, 1.54) is 24.0 Å². The molecule has 0 radical (unpaired) electrons. The van der Waals surface area contributed by atoms with Crippen LogP contribution in [0.5, 0.6) is 11.5 Å². The maximum absolute atomic E-state index is 13.2. The van der Waals surface area contributed by atoms with Crippen LogP contribution < -0.4 is 19.7 Å². The number of hydrogen-bond acceptors (Lipinski definition) is 6. The van der Waals surface area contributed by atoms with E-state index in [9.17, 15) is 14.4 Å². The summed E-state index contributed by atoms with van der Waals surface area (Å²) in [5.74, 6) is -1.73. The molecule has 3 rings (SSSR count). The van der Waals surface area contributed by atoms with Crippen LogP contribution in [0, 0.1) is 0 Å². The minimum Gasteiger partial charge on any atom is -0.490 e. The Bertz CT molecular complexity index is 1130. The minimum atomic E-state index is -1.11. The van der Waals surface area contributed by atoms with Gasteiger partial charge in [0.15, 0.2) is 22.7 Å². The Morgan fingerprint density at radius 3 is 2.45 bits per heavy atom. The van der Waals surface area contributed by atoms with Gasteiger partial charge in [-0.05, 0) is 74.0 Å². The number of carboxylic acids is 1. The number of aliphatic carboxylic acids is 1. The summed E-state index contributed by atoms with van der Waals surface area (Å²) in [6, 6.07) is 12.1. The average Bonchev–Trinajstić information content (AvgIpc) is 2.78. The van der Waals surface area contributed by atoms with Crippen LogP contribution in [-0.2, 0) is 20.8 Å². The molecule has 33 heavy (non-hydrogen) atoms. The molecule has 1 aliphatic rings. The Hall–Kier alpha value is -3.72. The Morgan fingerprint density at radius 2 is 1.85 bits per heavy atom. The number of aryl methyl sites for hydroxylation is 1. The molecule has 8 nitrogen and oxygen atoms in total. The number of anilines is 1. The highest BCUT2D eigenvalue weighted by Crippen LogP contribution is 2.31. The van der Waals surface area contributed by atoms with E-state index in [1.54, 1.807) is 31.2 Å². The third kappa shape index (κ3) is 5.38. The van der Waals surface area contributed by atoms with Crippen molar-refractivity contribution in [1.82, 2.24) is 5.32 Å². The number of carboxylic acid groups (broad SMARTS) is 1. The fraction of sp³-hybridized carbons (Fsp3) is 0.250. The van der Waals surface area contributed by atoms with Gasteiger partial charge in [0.2, 0.25) is 0 Å². The number of benzene rings is 2. The lowest BCUT2D eigenvalue weighted by Gasteiger charge is -2.29. The van der Waals surface area contributed by atoms with Crippen molar-refractivity contribution in [3.05, 3.63) is 59.2 Å². The first-order valence-corrected chi connectivity index (χ1v) is 10.8. The molecule has 9 heteroatoms. The second kappa shape index (κ2) is 10.3. The Labute approximate surface area is 196 Å². The van der Waals surface area contributed by atoms with Crippen LogP contribution >= 0.6 is 12.2 Å². The van der Waals surface area contributed by atoms with Crippen molar-refractivity contribution in [1.29, 1.82) is 0 Å². The zero-order chi connectivity index (χ0) is 24.1. The number of nitrogens with one attached hydrogen (secondary N) is 1. The maximum Gasteiger partial charge on any atom is 0.344 e. The lowest BCUT2D eigenvalue weighted by Crippen LogP contribution is -2.54. The van der Waals surface area contributed by atoms with E-state index in [-0.39, 0.29) is 16.4 Å². The van der Waals surface area contributed by atoms with Crippen LogP contribution in [0.25, 0.3) is 6.08 Å². The summed E-state index contributed by atoms with van der Waals surface area (Å²) in [6.07, 6.45) is 1.21. The summed E-state index contributed by atoms with van der Waals surface area (Å²) in [7, 11) is 0. The van der Waals surface area contributed by atoms with Gasteiger partial charge in [-0.1, -0.05) is 25.1 Å². The normalized spacial score (nSPS) is 15.9. The van der Waals surface area contributed by atoms with Crippen molar-refractivity contribution in [2.45, 2.75) is 33.3 Å². The number of hydrogen-bond donors (Lipinski definition) is 2.